The van der Waals surface area contributed by atoms with E-state index < -0.39 is 0 Å². The second-order valence-corrected chi connectivity index (χ2v) is 6.52. The first-order valence-electron chi connectivity index (χ1n) is 8.39. The molecular formula is C21H23N3O. The van der Waals surface area contributed by atoms with Crippen molar-refractivity contribution in [2.45, 2.75) is 0 Å². The second kappa shape index (κ2) is 7.45. The fourth-order valence-electron chi connectivity index (χ4n) is 2.88. The summed E-state index contributed by atoms with van der Waals surface area (Å²) in [6.45, 7) is 1.54. The van der Waals surface area contributed by atoms with E-state index in [1.807, 2.05) is 63.7 Å². The van der Waals surface area contributed by atoms with Gasteiger partial charge in [0.15, 0.2) is 0 Å². The Bertz CT molecular complexity index is 822. The largest absolute Gasteiger partial charge is 0.340 e. The minimum Gasteiger partial charge on any atom is -0.340 e. The molecule has 1 heterocycles. The third-order valence-corrected chi connectivity index (χ3v) is 4.29. The van der Waals surface area contributed by atoms with Gasteiger partial charge in [0.05, 0.1) is 0 Å². The lowest BCUT2D eigenvalue weighted by molar-refractivity contribution is -0.123. The number of likely N-dealkylation sites (N-methyl/N-ethyl adjacent to an activating group) is 2. The minimum atomic E-state index is 0.0592. The highest BCUT2D eigenvalue weighted by atomic mass is 16.2. The summed E-state index contributed by atoms with van der Waals surface area (Å²) >= 11 is 0. The standard InChI is InChI=1S/C21H23N3O/c1-23(2)11-12-24(3)21(25)20-14-17(13-16-7-6-10-22-15-16)18-8-4-5-9-19(18)20/h4-10,13-15H,11-12H2,1-3H3/b17-13+. The van der Waals surface area contributed by atoms with Crippen molar-refractivity contribution in [1.29, 1.82) is 0 Å². The van der Waals surface area contributed by atoms with Crippen LogP contribution in [0.15, 0.2) is 54.9 Å². The van der Waals surface area contributed by atoms with Crippen LogP contribution in [-0.4, -0.2) is 54.9 Å². The molecule has 4 heteroatoms. The van der Waals surface area contributed by atoms with E-state index in [0.717, 1.165) is 34.4 Å². The van der Waals surface area contributed by atoms with Crippen LogP contribution in [0, 0.1) is 0 Å². The summed E-state index contributed by atoms with van der Waals surface area (Å²) in [5.41, 5.74) is 4.92. The lowest BCUT2D eigenvalue weighted by atomic mass is 10.0. The van der Waals surface area contributed by atoms with Crippen LogP contribution >= 0.6 is 0 Å². The van der Waals surface area contributed by atoms with Gasteiger partial charge in [-0.25, -0.2) is 0 Å². The van der Waals surface area contributed by atoms with Crippen LogP contribution in [0.25, 0.3) is 17.2 Å². The molecule has 0 aliphatic heterocycles. The lowest BCUT2D eigenvalue weighted by Gasteiger charge is -2.20. The molecule has 1 aromatic carbocycles. The highest BCUT2D eigenvalue weighted by Crippen LogP contribution is 2.37. The predicted octanol–water partition coefficient (Wildman–Crippen LogP) is 3.04. The van der Waals surface area contributed by atoms with Crippen LogP contribution in [0.4, 0.5) is 0 Å². The van der Waals surface area contributed by atoms with Crippen molar-refractivity contribution in [3.63, 3.8) is 0 Å². The van der Waals surface area contributed by atoms with Gasteiger partial charge in [-0.3, -0.25) is 9.78 Å². The van der Waals surface area contributed by atoms with Crippen LogP contribution in [0.2, 0.25) is 0 Å². The van der Waals surface area contributed by atoms with E-state index in [0.29, 0.717) is 6.54 Å². The number of amides is 1. The average molecular weight is 333 g/mol. The fraction of sp³-hybridized carbons (Fsp3) is 0.238. The highest BCUT2D eigenvalue weighted by molar-refractivity contribution is 6.26. The second-order valence-electron chi connectivity index (χ2n) is 6.52. The van der Waals surface area contributed by atoms with Gasteiger partial charge in [-0.05, 0) is 54.6 Å². The molecule has 0 N–H and O–H groups in total. The first kappa shape index (κ1) is 17.1. The predicted molar refractivity (Wildman–Crippen MR) is 103 cm³/mol. The molecule has 0 bridgehead atoms. The summed E-state index contributed by atoms with van der Waals surface area (Å²) in [5, 5.41) is 0. The molecule has 1 aromatic heterocycles. The van der Waals surface area contributed by atoms with Gasteiger partial charge in [0.1, 0.15) is 0 Å². The Morgan fingerprint density at radius 3 is 2.48 bits per heavy atom. The summed E-state index contributed by atoms with van der Waals surface area (Å²) in [4.78, 5) is 20.9. The van der Waals surface area contributed by atoms with E-state index in [1.54, 1.807) is 11.1 Å². The molecule has 128 valence electrons. The highest BCUT2D eigenvalue weighted by Gasteiger charge is 2.25. The minimum absolute atomic E-state index is 0.0592. The molecule has 0 unspecified atom stereocenters. The third-order valence-electron chi connectivity index (χ3n) is 4.29. The van der Waals surface area contributed by atoms with Crippen molar-refractivity contribution in [2.75, 3.05) is 34.2 Å². The summed E-state index contributed by atoms with van der Waals surface area (Å²) in [6, 6.07) is 12.0. The zero-order chi connectivity index (χ0) is 17.8. The molecule has 1 aliphatic rings. The number of pyridine rings is 1. The van der Waals surface area contributed by atoms with E-state index in [2.05, 4.69) is 22.0 Å². The SMILES string of the molecule is CN(C)CCN(C)C(=O)C1=C/C(=C\c2cccnc2)c2ccccc21. The molecule has 0 saturated heterocycles. The molecule has 3 rings (SSSR count). The van der Waals surface area contributed by atoms with E-state index in [1.165, 1.54) is 0 Å². The monoisotopic (exact) mass is 333 g/mol. The van der Waals surface area contributed by atoms with Gasteiger partial charge in [-0.15, -0.1) is 0 Å². The Labute approximate surface area is 149 Å². The summed E-state index contributed by atoms with van der Waals surface area (Å²) in [7, 11) is 5.88. The Morgan fingerprint density at radius 1 is 1.04 bits per heavy atom. The molecule has 1 amide bonds. The lowest BCUT2D eigenvalue weighted by Crippen LogP contribution is -2.33. The number of carbonyl (C=O) groups excluding carboxylic acids is 1. The van der Waals surface area contributed by atoms with Gasteiger partial charge in [0.25, 0.3) is 5.91 Å². The molecule has 1 aliphatic carbocycles. The maximum Gasteiger partial charge on any atom is 0.254 e. The molecule has 0 spiro atoms. The number of allylic oxidation sites excluding steroid dienone is 2. The Hall–Kier alpha value is -2.72. The Kier molecular flexibility index (Phi) is 5.10. The third kappa shape index (κ3) is 3.86. The Morgan fingerprint density at radius 2 is 1.80 bits per heavy atom. The zero-order valence-electron chi connectivity index (χ0n) is 14.9. The van der Waals surface area contributed by atoms with Crippen molar-refractivity contribution in [3.8, 4) is 0 Å². The van der Waals surface area contributed by atoms with Gasteiger partial charge in [0, 0.05) is 38.1 Å². The first-order chi connectivity index (χ1) is 12.1. The molecule has 0 atom stereocenters. The fourth-order valence-corrected chi connectivity index (χ4v) is 2.88. The van der Waals surface area contributed by atoms with Crippen LogP contribution in [0.3, 0.4) is 0 Å². The number of benzene rings is 1. The maximum atomic E-state index is 12.9. The van der Waals surface area contributed by atoms with Gasteiger partial charge in [-0.2, -0.15) is 0 Å². The first-order valence-corrected chi connectivity index (χ1v) is 8.39. The molecule has 4 nitrogen and oxygen atoms in total. The van der Waals surface area contributed by atoms with Crippen molar-refractivity contribution in [3.05, 3.63) is 71.6 Å². The summed E-state index contributed by atoms with van der Waals surface area (Å²) in [6.07, 6.45) is 7.65. The molecule has 0 fully saturated rings. The quantitative estimate of drug-likeness (QED) is 0.844. The average Bonchev–Trinajstić information content (AvgIpc) is 2.98. The van der Waals surface area contributed by atoms with E-state index in [-0.39, 0.29) is 5.91 Å². The molecular weight excluding hydrogens is 310 g/mol. The van der Waals surface area contributed by atoms with Crippen molar-refractivity contribution in [1.82, 2.24) is 14.8 Å². The zero-order valence-corrected chi connectivity index (χ0v) is 14.9. The van der Waals surface area contributed by atoms with Gasteiger partial charge in [0.2, 0.25) is 0 Å². The van der Waals surface area contributed by atoms with Crippen LogP contribution in [0.1, 0.15) is 16.7 Å². The summed E-state index contributed by atoms with van der Waals surface area (Å²) in [5.74, 6) is 0.0592. The number of carbonyl (C=O) groups is 1. The topological polar surface area (TPSA) is 36.4 Å². The van der Waals surface area contributed by atoms with Crippen LogP contribution < -0.4 is 0 Å². The number of fused-ring (bicyclic) bond motifs is 1. The van der Waals surface area contributed by atoms with Crippen molar-refractivity contribution >= 4 is 23.1 Å². The van der Waals surface area contributed by atoms with Crippen molar-refractivity contribution < 1.29 is 4.79 Å². The number of rotatable bonds is 5. The van der Waals surface area contributed by atoms with Gasteiger partial charge >= 0.3 is 0 Å². The van der Waals surface area contributed by atoms with E-state index >= 15 is 0 Å². The van der Waals surface area contributed by atoms with Crippen LogP contribution in [0.5, 0.6) is 0 Å². The summed E-state index contributed by atoms with van der Waals surface area (Å²) < 4.78 is 0. The van der Waals surface area contributed by atoms with E-state index in [9.17, 15) is 4.79 Å². The van der Waals surface area contributed by atoms with Gasteiger partial charge in [-0.1, -0.05) is 30.3 Å². The van der Waals surface area contributed by atoms with E-state index in [4.69, 9.17) is 0 Å². The maximum absolute atomic E-state index is 12.9. The smallest absolute Gasteiger partial charge is 0.254 e. The molecule has 25 heavy (non-hydrogen) atoms. The molecule has 0 saturated carbocycles. The Balaban J connectivity index is 1.93. The normalized spacial score (nSPS) is 14.6. The van der Waals surface area contributed by atoms with Gasteiger partial charge < -0.3 is 9.80 Å². The number of aromatic nitrogens is 1. The molecule has 2 aromatic rings. The molecule has 0 radical (unpaired) electrons. The number of nitrogens with zero attached hydrogens (tertiary/aromatic N) is 3. The number of hydrogen-bond acceptors (Lipinski definition) is 3. The van der Waals surface area contributed by atoms with Crippen LogP contribution in [-0.2, 0) is 4.79 Å². The number of hydrogen-bond donors (Lipinski definition) is 0. The van der Waals surface area contributed by atoms with Crippen molar-refractivity contribution in [2.24, 2.45) is 0 Å².